The number of hydrogen-bond acceptors (Lipinski definition) is 4. The predicted molar refractivity (Wildman–Crippen MR) is 104 cm³/mol. The largest absolute Gasteiger partial charge is 0.311 e. The zero-order chi connectivity index (χ0) is 17.5. The van der Waals surface area contributed by atoms with Gasteiger partial charge in [0.15, 0.2) is 0 Å². The summed E-state index contributed by atoms with van der Waals surface area (Å²) in [5, 5.41) is 2.15. The van der Waals surface area contributed by atoms with E-state index >= 15 is 0 Å². The van der Waals surface area contributed by atoms with E-state index in [9.17, 15) is 4.79 Å². The van der Waals surface area contributed by atoms with Gasteiger partial charge in [0, 0.05) is 72.3 Å². The highest BCUT2D eigenvalue weighted by Gasteiger charge is 2.36. The summed E-state index contributed by atoms with van der Waals surface area (Å²) in [5.41, 5.74) is 3.61. The molecule has 0 aliphatic carbocycles. The van der Waals surface area contributed by atoms with Crippen molar-refractivity contribution in [2.45, 2.75) is 25.4 Å². The van der Waals surface area contributed by atoms with E-state index < -0.39 is 0 Å². The highest BCUT2D eigenvalue weighted by atomic mass is 32.1. The van der Waals surface area contributed by atoms with E-state index in [0.717, 1.165) is 31.7 Å². The Bertz CT molecular complexity index is 965. The van der Waals surface area contributed by atoms with Crippen molar-refractivity contribution in [3.63, 3.8) is 0 Å². The molecule has 5 heterocycles. The zero-order valence-corrected chi connectivity index (χ0v) is 15.4. The average Bonchev–Trinajstić information content (AvgIpc) is 3.16. The lowest BCUT2D eigenvalue weighted by molar-refractivity contribution is 0.115. The molecule has 5 heteroatoms. The first-order valence-corrected chi connectivity index (χ1v) is 10.0. The van der Waals surface area contributed by atoms with Gasteiger partial charge in [-0.15, -0.1) is 11.3 Å². The molecule has 1 fully saturated rings. The number of nitrogens with zero attached hydrogens (tertiary/aromatic N) is 3. The third-order valence-electron chi connectivity index (χ3n) is 5.60. The molecule has 26 heavy (non-hydrogen) atoms. The molecule has 2 bridgehead atoms. The van der Waals surface area contributed by atoms with E-state index in [1.54, 1.807) is 12.3 Å². The van der Waals surface area contributed by atoms with Gasteiger partial charge in [-0.2, -0.15) is 0 Å². The number of likely N-dealkylation sites (tertiary alicyclic amines) is 1. The van der Waals surface area contributed by atoms with Crippen LogP contribution in [0.3, 0.4) is 0 Å². The Morgan fingerprint density at radius 3 is 2.88 bits per heavy atom. The average molecular weight is 363 g/mol. The van der Waals surface area contributed by atoms with Gasteiger partial charge >= 0.3 is 0 Å². The fourth-order valence-corrected chi connectivity index (χ4v) is 5.38. The molecule has 0 aromatic carbocycles. The molecule has 0 N–H and O–H groups in total. The van der Waals surface area contributed by atoms with E-state index in [2.05, 4.69) is 33.5 Å². The fraction of sp³-hybridized carbons (Fsp3) is 0.333. The first-order valence-electron chi connectivity index (χ1n) is 9.17. The molecular weight excluding hydrogens is 342 g/mol. The van der Waals surface area contributed by atoms with E-state index in [4.69, 9.17) is 0 Å². The number of rotatable bonds is 3. The first-order chi connectivity index (χ1) is 12.8. The van der Waals surface area contributed by atoms with Crippen molar-refractivity contribution < 1.29 is 0 Å². The predicted octanol–water partition coefficient (Wildman–Crippen LogP) is 3.59. The van der Waals surface area contributed by atoms with Crippen LogP contribution in [0.1, 0.15) is 22.9 Å². The smallest absolute Gasteiger partial charge is 0.250 e. The van der Waals surface area contributed by atoms with Crippen molar-refractivity contribution in [2.24, 2.45) is 5.92 Å². The van der Waals surface area contributed by atoms with Crippen LogP contribution in [0, 0.1) is 5.92 Å². The molecular formula is C21H21N3OS. The van der Waals surface area contributed by atoms with Crippen molar-refractivity contribution in [1.82, 2.24) is 14.5 Å². The molecule has 2 atom stereocenters. The molecule has 3 aromatic rings. The van der Waals surface area contributed by atoms with Gasteiger partial charge in [-0.25, -0.2) is 0 Å². The summed E-state index contributed by atoms with van der Waals surface area (Å²) in [6.07, 6.45) is 4.88. The third-order valence-corrected chi connectivity index (χ3v) is 6.46. The van der Waals surface area contributed by atoms with Crippen LogP contribution in [0.4, 0.5) is 0 Å². The number of piperidine rings is 1. The number of thiophene rings is 1. The molecule has 2 unspecified atom stereocenters. The van der Waals surface area contributed by atoms with Gasteiger partial charge in [-0.3, -0.25) is 14.7 Å². The lowest BCUT2D eigenvalue weighted by Gasteiger charge is -2.43. The van der Waals surface area contributed by atoms with Gasteiger partial charge in [-0.1, -0.05) is 12.1 Å². The fourth-order valence-electron chi connectivity index (χ4n) is 4.63. The Morgan fingerprint density at radius 2 is 2.08 bits per heavy atom. The minimum atomic E-state index is 0.133. The highest BCUT2D eigenvalue weighted by Crippen LogP contribution is 2.40. The molecule has 0 radical (unpaired) electrons. The Hall–Kier alpha value is -2.24. The molecule has 0 amide bonds. The molecule has 3 aromatic heterocycles. The van der Waals surface area contributed by atoms with Crippen LogP contribution in [0.5, 0.6) is 0 Å². The molecule has 2 aliphatic heterocycles. The van der Waals surface area contributed by atoms with Crippen LogP contribution in [-0.2, 0) is 13.1 Å². The second-order valence-corrected chi connectivity index (χ2v) is 8.43. The minimum absolute atomic E-state index is 0.133. The van der Waals surface area contributed by atoms with Crippen molar-refractivity contribution in [3.8, 4) is 11.1 Å². The molecule has 132 valence electrons. The van der Waals surface area contributed by atoms with Crippen molar-refractivity contribution in [3.05, 3.63) is 75.1 Å². The van der Waals surface area contributed by atoms with E-state index in [0.29, 0.717) is 11.8 Å². The summed E-state index contributed by atoms with van der Waals surface area (Å²) >= 11 is 1.83. The summed E-state index contributed by atoms with van der Waals surface area (Å²) in [5.74, 6) is 0.967. The van der Waals surface area contributed by atoms with E-state index in [1.807, 2.05) is 34.2 Å². The van der Waals surface area contributed by atoms with Gasteiger partial charge in [0.2, 0.25) is 0 Å². The normalized spacial score (nSPS) is 22.2. The summed E-state index contributed by atoms with van der Waals surface area (Å²) in [6.45, 7) is 3.95. The monoisotopic (exact) mass is 363 g/mol. The zero-order valence-electron chi connectivity index (χ0n) is 14.5. The van der Waals surface area contributed by atoms with Crippen LogP contribution in [0.15, 0.2) is 59.0 Å². The summed E-state index contributed by atoms with van der Waals surface area (Å²) in [4.78, 5) is 20.8. The van der Waals surface area contributed by atoms with Crippen LogP contribution < -0.4 is 5.56 Å². The topological polar surface area (TPSA) is 38.1 Å². The number of aromatic nitrogens is 2. The lowest BCUT2D eigenvalue weighted by Crippen LogP contribution is -2.46. The Balaban J connectivity index is 1.54. The van der Waals surface area contributed by atoms with Crippen molar-refractivity contribution in [1.29, 1.82) is 0 Å². The van der Waals surface area contributed by atoms with Crippen LogP contribution in [0.2, 0.25) is 0 Å². The van der Waals surface area contributed by atoms with Crippen LogP contribution >= 0.6 is 11.3 Å². The quantitative estimate of drug-likeness (QED) is 0.714. The number of fused-ring (bicyclic) bond motifs is 4. The van der Waals surface area contributed by atoms with Gasteiger partial charge in [0.05, 0.1) is 0 Å². The van der Waals surface area contributed by atoms with Crippen molar-refractivity contribution >= 4 is 11.3 Å². The van der Waals surface area contributed by atoms with Crippen LogP contribution in [-0.4, -0.2) is 27.5 Å². The summed E-state index contributed by atoms with van der Waals surface area (Å²) < 4.78 is 2.03. The minimum Gasteiger partial charge on any atom is -0.311 e. The van der Waals surface area contributed by atoms with Gasteiger partial charge in [0.1, 0.15) is 0 Å². The first kappa shape index (κ1) is 16.0. The molecule has 2 aliphatic rings. The standard InChI is InChI=1S/C21H21N3OS/c25-20-6-5-19(16-3-1-7-22-10-16)21-17-9-15(12-24(20)21)11-23(13-17)14-18-4-2-8-26-18/h1-8,10,15,17H,9,11-14H2. The van der Waals surface area contributed by atoms with E-state index in [-0.39, 0.29) is 5.56 Å². The number of hydrogen-bond donors (Lipinski definition) is 0. The molecule has 0 spiro atoms. The molecule has 0 saturated carbocycles. The lowest BCUT2D eigenvalue weighted by atomic mass is 9.80. The Labute approximate surface area is 156 Å². The number of pyridine rings is 2. The Morgan fingerprint density at radius 1 is 1.12 bits per heavy atom. The second-order valence-electron chi connectivity index (χ2n) is 7.39. The third kappa shape index (κ3) is 2.81. The summed E-state index contributed by atoms with van der Waals surface area (Å²) in [7, 11) is 0. The van der Waals surface area contributed by atoms with Crippen LogP contribution in [0.25, 0.3) is 11.1 Å². The summed E-state index contributed by atoms with van der Waals surface area (Å²) in [6, 6.07) is 12.1. The maximum atomic E-state index is 12.6. The highest BCUT2D eigenvalue weighted by molar-refractivity contribution is 7.09. The second kappa shape index (κ2) is 6.49. The maximum absolute atomic E-state index is 12.6. The SMILES string of the molecule is O=c1ccc(-c2cccnc2)c2n1CC1CC2CN(Cc2cccs2)C1. The van der Waals surface area contributed by atoms with Crippen molar-refractivity contribution in [2.75, 3.05) is 13.1 Å². The molecule has 4 nitrogen and oxygen atoms in total. The van der Waals surface area contributed by atoms with Gasteiger partial charge < -0.3 is 4.57 Å². The Kier molecular flexibility index (Phi) is 3.98. The maximum Gasteiger partial charge on any atom is 0.250 e. The molecule has 5 rings (SSSR count). The van der Waals surface area contributed by atoms with Gasteiger partial charge in [0.25, 0.3) is 5.56 Å². The van der Waals surface area contributed by atoms with E-state index in [1.165, 1.54) is 22.6 Å². The molecule has 1 saturated heterocycles. The van der Waals surface area contributed by atoms with Gasteiger partial charge in [-0.05, 0) is 35.9 Å².